The summed E-state index contributed by atoms with van der Waals surface area (Å²) in [6.45, 7) is 0. The summed E-state index contributed by atoms with van der Waals surface area (Å²) in [5, 5.41) is 10.0. The summed E-state index contributed by atoms with van der Waals surface area (Å²) >= 11 is 1.69. The van der Waals surface area contributed by atoms with E-state index in [0.717, 1.165) is 5.56 Å². The van der Waals surface area contributed by atoms with Crippen molar-refractivity contribution in [3.8, 4) is 0 Å². The first-order chi connectivity index (χ1) is 7.86. The van der Waals surface area contributed by atoms with Crippen LogP contribution in [0.1, 0.15) is 16.4 Å². The van der Waals surface area contributed by atoms with E-state index in [1.54, 1.807) is 11.8 Å². The minimum absolute atomic E-state index is 0. The number of thioether (sulfide) groups is 1. The molecule has 0 amide bonds. The second kappa shape index (κ2) is 5.14. The van der Waals surface area contributed by atoms with Gasteiger partial charge in [-0.1, -0.05) is 42.5 Å². The fourth-order valence-electron chi connectivity index (χ4n) is 1.92. The van der Waals surface area contributed by atoms with Crippen LogP contribution in [0.15, 0.2) is 59.5 Å². The molecule has 0 spiro atoms. The van der Waals surface area contributed by atoms with Gasteiger partial charge in [0, 0.05) is 10.1 Å². The molecular formula is C14H10LiNS. The molecule has 0 aromatic heterocycles. The van der Waals surface area contributed by atoms with Gasteiger partial charge in [0.2, 0.25) is 0 Å². The molecule has 2 aromatic carbocycles. The van der Waals surface area contributed by atoms with Crippen LogP contribution in [-0.2, 0) is 0 Å². The molecular weight excluding hydrogens is 221 g/mol. The Balaban J connectivity index is 0.00000108. The first kappa shape index (κ1) is 12.5. The molecule has 3 heteroatoms. The fourth-order valence-corrected chi connectivity index (χ4v) is 3.08. The second-order valence-corrected chi connectivity index (χ2v) is 4.96. The largest absolute Gasteiger partial charge is 1.00 e. The Hall–Kier alpha value is -0.943. The molecule has 0 bridgehead atoms. The van der Waals surface area contributed by atoms with Gasteiger partial charge in [0.1, 0.15) is 0 Å². The summed E-state index contributed by atoms with van der Waals surface area (Å²) in [5.41, 5.74) is 2.73. The number of hydrogen-bond acceptors (Lipinski definition) is 1. The van der Waals surface area contributed by atoms with Crippen molar-refractivity contribution in [1.82, 2.24) is 0 Å². The molecule has 3 rings (SSSR count). The van der Waals surface area contributed by atoms with E-state index >= 15 is 0 Å². The second-order valence-electron chi connectivity index (χ2n) is 3.78. The zero-order valence-electron chi connectivity index (χ0n) is 9.63. The first-order valence-electron chi connectivity index (χ1n) is 5.23. The summed E-state index contributed by atoms with van der Waals surface area (Å²) < 4.78 is 0. The Morgan fingerprint density at radius 3 is 2.29 bits per heavy atom. The smallest absolute Gasteiger partial charge is 0.806 e. The molecule has 0 saturated carbocycles. The van der Waals surface area contributed by atoms with Gasteiger partial charge in [0.05, 0.1) is 0 Å². The monoisotopic (exact) mass is 231 g/mol. The van der Waals surface area contributed by atoms with E-state index in [9.17, 15) is 5.41 Å². The molecule has 0 heterocycles. The third-order valence-electron chi connectivity index (χ3n) is 2.76. The van der Waals surface area contributed by atoms with Gasteiger partial charge in [-0.05, 0) is 23.3 Å². The predicted octanol–water partition coefficient (Wildman–Crippen LogP) is 0.896. The molecule has 0 fully saturated rings. The Labute approximate surface area is 117 Å². The van der Waals surface area contributed by atoms with Crippen molar-refractivity contribution >= 4 is 17.5 Å². The summed E-state index contributed by atoms with van der Waals surface area (Å²) in [4.78, 5) is 1.19. The van der Waals surface area contributed by atoms with E-state index < -0.39 is 0 Å². The van der Waals surface area contributed by atoms with Crippen LogP contribution < -0.4 is 18.9 Å². The van der Waals surface area contributed by atoms with Crippen LogP contribution in [0.25, 0.3) is 5.41 Å². The van der Waals surface area contributed by atoms with Crippen molar-refractivity contribution in [3.63, 3.8) is 0 Å². The van der Waals surface area contributed by atoms with Gasteiger partial charge in [-0.2, -0.15) is 5.71 Å². The van der Waals surface area contributed by atoms with Gasteiger partial charge in [0.15, 0.2) is 0 Å². The SMILES string of the molecule is [Li+].[N-]=C1c2ccccc2C1Sc1ccccc1. The molecule has 1 nitrogen and oxygen atoms in total. The van der Waals surface area contributed by atoms with Crippen molar-refractivity contribution < 1.29 is 18.9 Å². The van der Waals surface area contributed by atoms with Gasteiger partial charge in [-0.25, -0.2) is 0 Å². The van der Waals surface area contributed by atoms with E-state index in [-0.39, 0.29) is 24.1 Å². The molecule has 0 radical (unpaired) electrons. The molecule has 0 aliphatic heterocycles. The number of benzene rings is 2. The average molecular weight is 231 g/mol. The number of rotatable bonds is 2. The van der Waals surface area contributed by atoms with E-state index in [2.05, 4.69) is 18.2 Å². The number of fused-ring (bicyclic) bond motifs is 1. The van der Waals surface area contributed by atoms with Gasteiger partial charge in [-0.15, -0.1) is 11.8 Å². The zero-order chi connectivity index (χ0) is 11.0. The molecule has 1 aliphatic carbocycles. The summed E-state index contributed by atoms with van der Waals surface area (Å²) in [5.74, 6) is 0. The minimum atomic E-state index is 0. The Bertz CT molecular complexity index is 539. The molecule has 0 N–H and O–H groups in total. The molecule has 1 atom stereocenters. The number of hydrogen-bond donors (Lipinski definition) is 0. The van der Waals surface area contributed by atoms with Gasteiger partial charge in [-0.3, -0.25) is 0 Å². The third-order valence-corrected chi connectivity index (χ3v) is 4.02. The predicted molar refractivity (Wildman–Crippen MR) is 69.0 cm³/mol. The van der Waals surface area contributed by atoms with Crippen molar-refractivity contribution in [2.75, 3.05) is 0 Å². The first-order valence-corrected chi connectivity index (χ1v) is 6.11. The minimum Gasteiger partial charge on any atom is -0.806 e. The average Bonchev–Trinajstić information content (AvgIpc) is 2.37. The normalized spacial score (nSPS) is 16.7. The van der Waals surface area contributed by atoms with Crippen LogP contribution in [0.2, 0.25) is 0 Å². The van der Waals surface area contributed by atoms with Crippen LogP contribution in [0, 0.1) is 0 Å². The van der Waals surface area contributed by atoms with Crippen LogP contribution >= 0.6 is 11.8 Å². The van der Waals surface area contributed by atoms with E-state index in [1.165, 1.54) is 10.5 Å². The maximum atomic E-state index is 9.92. The Morgan fingerprint density at radius 1 is 0.882 bits per heavy atom. The van der Waals surface area contributed by atoms with Gasteiger partial charge in [0.25, 0.3) is 0 Å². The Kier molecular flexibility index (Phi) is 3.78. The maximum Gasteiger partial charge on any atom is 1.00 e. The zero-order valence-corrected chi connectivity index (χ0v) is 10.4. The summed E-state index contributed by atoms with van der Waals surface area (Å²) in [6.07, 6.45) is 0. The van der Waals surface area contributed by atoms with Crippen molar-refractivity contribution in [2.45, 2.75) is 10.1 Å². The third kappa shape index (κ3) is 2.21. The molecule has 0 saturated heterocycles. The van der Waals surface area contributed by atoms with Crippen LogP contribution in [0.5, 0.6) is 0 Å². The summed E-state index contributed by atoms with van der Waals surface area (Å²) in [6, 6.07) is 18.2. The molecule has 1 unspecified atom stereocenters. The topological polar surface area (TPSA) is 22.3 Å². The molecule has 1 aliphatic rings. The van der Waals surface area contributed by atoms with Gasteiger partial charge < -0.3 is 5.41 Å². The van der Waals surface area contributed by atoms with Gasteiger partial charge >= 0.3 is 18.9 Å². The molecule has 17 heavy (non-hydrogen) atoms. The van der Waals surface area contributed by atoms with E-state index in [1.807, 2.05) is 36.4 Å². The van der Waals surface area contributed by atoms with Crippen molar-refractivity contribution in [1.29, 1.82) is 0 Å². The van der Waals surface area contributed by atoms with Crippen LogP contribution in [0.3, 0.4) is 0 Å². The fraction of sp³-hybridized carbons (Fsp3) is 0.0714. The van der Waals surface area contributed by atoms with Crippen molar-refractivity contribution in [2.24, 2.45) is 0 Å². The maximum absolute atomic E-state index is 9.92. The number of nitrogens with zero attached hydrogens (tertiary/aromatic N) is 1. The standard InChI is InChI=1S/C14H10NS.Li/c15-13-11-8-4-5-9-12(11)14(13)16-10-6-2-1-3-7-10;/h1-9,14H;/q-1;+1. The van der Waals surface area contributed by atoms with E-state index in [0.29, 0.717) is 5.71 Å². The van der Waals surface area contributed by atoms with Crippen LogP contribution in [-0.4, -0.2) is 5.71 Å². The molecule has 78 valence electrons. The van der Waals surface area contributed by atoms with Crippen LogP contribution in [0.4, 0.5) is 0 Å². The molecule has 2 aromatic rings. The summed E-state index contributed by atoms with van der Waals surface area (Å²) in [7, 11) is 0. The quantitative estimate of drug-likeness (QED) is 0.704. The van der Waals surface area contributed by atoms with E-state index in [4.69, 9.17) is 0 Å². The Morgan fingerprint density at radius 2 is 1.53 bits per heavy atom. The van der Waals surface area contributed by atoms with Crippen molar-refractivity contribution in [3.05, 3.63) is 71.1 Å².